The summed E-state index contributed by atoms with van der Waals surface area (Å²) in [4.78, 5) is 0. The number of hydrogen-bond donors (Lipinski definition) is 0. The van der Waals surface area contributed by atoms with Crippen molar-refractivity contribution < 1.29 is 0 Å². The second-order valence-corrected chi connectivity index (χ2v) is 19.3. The lowest BCUT2D eigenvalue weighted by atomic mass is 9.72. The Hall–Kier alpha value is -1.82. The van der Waals surface area contributed by atoms with Crippen molar-refractivity contribution in [1.29, 1.82) is 0 Å². The van der Waals surface area contributed by atoms with E-state index in [0.29, 0.717) is 11.3 Å². The van der Waals surface area contributed by atoms with Crippen LogP contribution in [0.3, 0.4) is 0 Å². The minimum absolute atomic E-state index is 0.224. The van der Waals surface area contributed by atoms with E-state index in [9.17, 15) is 0 Å². The summed E-state index contributed by atoms with van der Waals surface area (Å²) >= 11 is 0. The predicted octanol–water partition coefficient (Wildman–Crippen LogP) is 17.5. The zero-order valence-electron chi connectivity index (χ0n) is 36.3. The van der Waals surface area contributed by atoms with Crippen LogP contribution in [0.5, 0.6) is 0 Å². The molecule has 0 heteroatoms. The summed E-state index contributed by atoms with van der Waals surface area (Å²) in [5.41, 5.74) is 8.82. The Morgan fingerprint density at radius 2 is 1.06 bits per heavy atom. The van der Waals surface area contributed by atoms with Crippen molar-refractivity contribution in [1.82, 2.24) is 0 Å². The first-order valence-corrected chi connectivity index (χ1v) is 21.6. The van der Waals surface area contributed by atoms with E-state index in [-0.39, 0.29) is 5.41 Å². The van der Waals surface area contributed by atoms with Crippen LogP contribution in [0.2, 0.25) is 0 Å². The third kappa shape index (κ3) is 22.1. The van der Waals surface area contributed by atoms with Crippen molar-refractivity contribution in [3.63, 3.8) is 0 Å². The molecule has 0 amide bonds. The fourth-order valence-corrected chi connectivity index (χ4v) is 8.38. The van der Waals surface area contributed by atoms with Gasteiger partial charge in [-0.3, -0.25) is 0 Å². The van der Waals surface area contributed by atoms with Crippen LogP contribution in [0, 0.1) is 41.4 Å². The first-order chi connectivity index (χ1) is 23.9. The molecule has 0 radical (unpaired) electrons. The molecule has 1 rings (SSSR count). The molecule has 4 atom stereocenters. The first kappa shape index (κ1) is 47.2. The van der Waals surface area contributed by atoms with Crippen molar-refractivity contribution >= 4 is 5.57 Å². The average molecular weight is 701 g/mol. The minimum Gasteiger partial charge on any atom is -0.100 e. The van der Waals surface area contributed by atoms with Gasteiger partial charge in [0.2, 0.25) is 0 Å². The van der Waals surface area contributed by atoms with E-state index in [1.807, 2.05) is 0 Å². The SMILES string of the molecule is C=C(C)CC(CCCCCC(C)(CCCCCC(CCCC(C)C)CC(=C)C)C(=C)CCC(C)C(=C)c1ccccc1C)CCCCC(C)(C)C. The summed E-state index contributed by atoms with van der Waals surface area (Å²) in [6.45, 7) is 41.4. The maximum Gasteiger partial charge on any atom is -0.0119 e. The summed E-state index contributed by atoms with van der Waals surface area (Å²) in [6, 6.07) is 8.73. The lowest BCUT2D eigenvalue weighted by Gasteiger charge is -2.33. The van der Waals surface area contributed by atoms with Crippen LogP contribution >= 0.6 is 0 Å². The van der Waals surface area contributed by atoms with E-state index in [2.05, 4.69) is 113 Å². The topological polar surface area (TPSA) is 0 Å². The maximum atomic E-state index is 4.83. The molecule has 0 saturated heterocycles. The third-order valence-electron chi connectivity index (χ3n) is 12.0. The molecule has 4 unspecified atom stereocenters. The molecule has 292 valence electrons. The summed E-state index contributed by atoms with van der Waals surface area (Å²) in [7, 11) is 0. The van der Waals surface area contributed by atoms with Gasteiger partial charge >= 0.3 is 0 Å². The smallest absolute Gasteiger partial charge is 0.0119 e. The van der Waals surface area contributed by atoms with Gasteiger partial charge < -0.3 is 0 Å². The second-order valence-electron chi connectivity index (χ2n) is 19.3. The molecule has 0 fully saturated rings. The zero-order chi connectivity index (χ0) is 38.5. The second kappa shape index (κ2) is 25.2. The number of benzene rings is 1. The largest absolute Gasteiger partial charge is 0.100 e. The van der Waals surface area contributed by atoms with Crippen molar-refractivity contribution in [3.05, 3.63) is 78.4 Å². The van der Waals surface area contributed by atoms with E-state index >= 15 is 0 Å². The maximum absolute atomic E-state index is 4.83. The molecule has 0 bridgehead atoms. The van der Waals surface area contributed by atoms with Crippen LogP contribution in [0.25, 0.3) is 5.57 Å². The van der Waals surface area contributed by atoms with E-state index in [4.69, 9.17) is 6.58 Å². The molecule has 0 N–H and O–H groups in total. The minimum atomic E-state index is 0.224. The van der Waals surface area contributed by atoms with Crippen LogP contribution in [0.4, 0.5) is 0 Å². The normalized spacial score (nSPS) is 15.0. The standard InChI is InChI=1S/C51H88/c1-40(2)26-25-31-48(39-42(5)6)29-18-16-23-37-51(14,45(9)34-33-43(7)46(10)49-32-20-19-27-44(49)8)36-22-15-17-28-47(38-41(3)4)30-21-24-35-50(11,12)13/h19-20,27,32,40,43,47-48H,3,5,9-10,15-18,21-26,28-31,33-39H2,1-2,4,6-8,11-14H3. The molecule has 0 heterocycles. The summed E-state index contributed by atoms with van der Waals surface area (Å²) < 4.78 is 0. The van der Waals surface area contributed by atoms with E-state index in [1.165, 1.54) is 155 Å². The Morgan fingerprint density at radius 3 is 1.53 bits per heavy atom. The molecule has 51 heavy (non-hydrogen) atoms. The monoisotopic (exact) mass is 701 g/mol. The summed E-state index contributed by atoms with van der Waals surface area (Å²) in [6.07, 6.45) is 27.5. The van der Waals surface area contributed by atoms with Crippen molar-refractivity contribution in [3.8, 4) is 0 Å². The lowest BCUT2D eigenvalue weighted by molar-refractivity contribution is 0.290. The Balaban J connectivity index is 2.80. The molecule has 0 saturated carbocycles. The van der Waals surface area contributed by atoms with Gasteiger partial charge in [-0.15, -0.1) is 13.2 Å². The zero-order valence-corrected chi connectivity index (χ0v) is 36.3. The Labute approximate surface area is 321 Å². The van der Waals surface area contributed by atoms with Gasteiger partial charge in [-0.1, -0.05) is 193 Å². The lowest BCUT2D eigenvalue weighted by Crippen LogP contribution is -2.20. The highest BCUT2D eigenvalue weighted by Gasteiger charge is 2.27. The molecular weight excluding hydrogens is 613 g/mol. The van der Waals surface area contributed by atoms with Gasteiger partial charge in [-0.25, -0.2) is 0 Å². The van der Waals surface area contributed by atoms with Gasteiger partial charge in [0.25, 0.3) is 0 Å². The van der Waals surface area contributed by atoms with Gasteiger partial charge in [0.15, 0.2) is 0 Å². The molecule has 1 aromatic rings. The van der Waals surface area contributed by atoms with Crippen LogP contribution < -0.4 is 0 Å². The molecule has 0 aliphatic rings. The number of aryl methyl sites for hydroxylation is 1. The summed E-state index contributed by atoms with van der Waals surface area (Å²) in [5.74, 6) is 2.90. The predicted molar refractivity (Wildman–Crippen MR) is 234 cm³/mol. The quantitative estimate of drug-likeness (QED) is 0.0553. The molecule has 0 aromatic heterocycles. The average Bonchev–Trinajstić information content (AvgIpc) is 3.03. The number of allylic oxidation sites excluding steroid dienone is 4. The first-order valence-electron chi connectivity index (χ1n) is 21.6. The van der Waals surface area contributed by atoms with Crippen LogP contribution in [-0.4, -0.2) is 0 Å². The van der Waals surface area contributed by atoms with Crippen molar-refractivity contribution in [2.45, 2.75) is 204 Å². The highest BCUT2D eigenvalue weighted by molar-refractivity contribution is 5.67. The van der Waals surface area contributed by atoms with Gasteiger partial charge in [0, 0.05) is 0 Å². The van der Waals surface area contributed by atoms with Crippen LogP contribution in [0.1, 0.15) is 208 Å². The molecular formula is C51H88. The van der Waals surface area contributed by atoms with Gasteiger partial charge in [0.05, 0.1) is 0 Å². The van der Waals surface area contributed by atoms with Crippen molar-refractivity contribution in [2.24, 2.45) is 34.5 Å². The van der Waals surface area contributed by atoms with E-state index < -0.39 is 0 Å². The Bertz CT molecular complexity index is 1140. The van der Waals surface area contributed by atoms with Gasteiger partial charge in [0.1, 0.15) is 0 Å². The van der Waals surface area contributed by atoms with E-state index in [1.54, 1.807) is 0 Å². The fourth-order valence-electron chi connectivity index (χ4n) is 8.38. The highest BCUT2D eigenvalue weighted by Crippen LogP contribution is 2.42. The summed E-state index contributed by atoms with van der Waals surface area (Å²) in [5, 5.41) is 0. The highest BCUT2D eigenvalue weighted by atomic mass is 14.3. The number of hydrogen-bond acceptors (Lipinski definition) is 0. The van der Waals surface area contributed by atoms with Crippen molar-refractivity contribution in [2.75, 3.05) is 0 Å². The molecule has 0 spiro atoms. The van der Waals surface area contributed by atoms with E-state index in [0.717, 1.165) is 30.6 Å². The van der Waals surface area contributed by atoms with Crippen LogP contribution in [-0.2, 0) is 0 Å². The fraction of sp³-hybridized carbons (Fsp3) is 0.725. The molecule has 0 aliphatic heterocycles. The molecule has 0 aliphatic carbocycles. The van der Waals surface area contributed by atoms with Crippen LogP contribution in [0.15, 0.2) is 67.3 Å². The Kier molecular flexibility index (Phi) is 23.4. The third-order valence-corrected chi connectivity index (χ3v) is 12.0. The Morgan fingerprint density at radius 1 is 0.588 bits per heavy atom. The van der Waals surface area contributed by atoms with Gasteiger partial charge in [-0.2, -0.15) is 0 Å². The number of unbranched alkanes of at least 4 members (excludes halogenated alkanes) is 5. The molecule has 1 aromatic carbocycles. The van der Waals surface area contributed by atoms with Gasteiger partial charge in [-0.05, 0) is 117 Å². The number of rotatable bonds is 30. The molecule has 0 nitrogen and oxygen atoms in total.